The molecule has 0 heterocycles. The monoisotopic (exact) mass is 271 g/mol. The Morgan fingerprint density at radius 3 is 2.76 bits per heavy atom. The van der Waals surface area contributed by atoms with Crippen LogP contribution >= 0.6 is 23.8 Å². The molecule has 0 fully saturated rings. The van der Waals surface area contributed by atoms with Crippen molar-refractivity contribution < 1.29 is 4.79 Å². The highest BCUT2D eigenvalue weighted by Gasteiger charge is 2.05. The normalized spacial score (nSPS) is 9.76. The number of hydrogen-bond acceptors (Lipinski definition) is 3. The van der Waals surface area contributed by atoms with Gasteiger partial charge in [0.15, 0.2) is 0 Å². The largest absolute Gasteiger partial charge is 0.389 e. The van der Waals surface area contributed by atoms with Gasteiger partial charge in [0.05, 0.1) is 11.6 Å². The molecule has 0 saturated carbocycles. The molecule has 17 heavy (non-hydrogen) atoms. The number of thiocarbonyl (C=S) groups is 1. The van der Waals surface area contributed by atoms with Gasteiger partial charge in [-0.05, 0) is 25.1 Å². The van der Waals surface area contributed by atoms with E-state index in [1.54, 1.807) is 18.2 Å². The lowest BCUT2D eigenvalue weighted by atomic mass is 10.2. The SMILES string of the molecule is CCNC(=O)CNc1ccc(C(N)=S)c(Cl)c1. The molecule has 0 aromatic heterocycles. The van der Waals surface area contributed by atoms with Gasteiger partial charge in [-0.1, -0.05) is 23.8 Å². The van der Waals surface area contributed by atoms with Crippen molar-refractivity contribution in [3.8, 4) is 0 Å². The quantitative estimate of drug-likeness (QED) is 0.711. The van der Waals surface area contributed by atoms with Crippen LogP contribution in [0.1, 0.15) is 12.5 Å². The van der Waals surface area contributed by atoms with Gasteiger partial charge in [-0.15, -0.1) is 0 Å². The van der Waals surface area contributed by atoms with Gasteiger partial charge < -0.3 is 16.4 Å². The molecule has 1 aromatic rings. The number of carbonyl (C=O) groups is 1. The van der Waals surface area contributed by atoms with Crippen LogP contribution in [0.25, 0.3) is 0 Å². The molecule has 0 atom stereocenters. The Bertz CT molecular complexity index is 437. The van der Waals surface area contributed by atoms with Crippen molar-refractivity contribution in [1.29, 1.82) is 0 Å². The predicted molar refractivity (Wildman–Crippen MR) is 74.5 cm³/mol. The van der Waals surface area contributed by atoms with E-state index in [0.717, 1.165) is 5.69 Å². The minimum absolute atomic E-state index is 0.0676. The van der Waals surface area contributed by atoms with Gasteiger partial charge in [-0.3, -0.25) is 4.79 Å². The minimum Gasteiger partial charge on any atom is -0.389 e. The van der Waals surface area contributed by atoms with E-state index in [2.05, 4.69) is 10.6 Å². The summed E-state index contributed by atoms with van der Waals surface area (Å²) in [5, 5.41) is 6.11. The number of rotatable bonds is 5. The number of nitrogens with one attached hydrogen (secondary N) is 2. The van der Waals surface area contributed by atoms with Crippen molar-refractivity contribution in [2.24, 2.45) is 5.73 Å². The van der Waals surface area contributed by atoms with Gasteiger partial charge in [0.1, 0.15) is 4.99 Å². The zero-order valence-corrected chi connectivity index (χ0v) is 11.0. The standard InChI is InChI=1S/C11H14ClN3OS/c1-2-14-10(16)6-15-7-3-4-8(11(13)17)9(12)5-7/h3-5,15H,2,6H2,1H3,(H2,13,17)(H,14,16). The maximum atomic E-state index is 11.2. The van der Waals surface area contributed by atoms with E-state index in [9.17, 15) is 4.79 Å². The summed E-state index contributed by atoms with van der Waals surface area (Å²) >= 11 is 10.8. The third kappa shape index (κ3) is 4.20. The van der Waals surface area contributed by atoms with Gasteiger partial charge >= 0.3 is 0 Å². The van der Waals surface area contributed by atoms with E-state index in [1.807, 2.05) is 6.92 Å². The van der Waals surface area contributed by atoms with Crippen molar-refractivity contribution >= 4 is 40.4 Å². The molecule has 0 radical (unpaired) electrons. The summed E-state index contributed by atoms with van der Waals surface area (Å²) in [7, 11) is 0. The van der Waals surface area contributed by atoms with Gasteiger partial charge in [0.2, 0.25) is 5.91 Å². The molecule has 0 saturated heterocycles. The Balaban J connectivity index is 2.65. The number of anilines is 1. The molecule has 0 unspecified atom stereocenters. The molecule has 6 heteroatoms. The van der Waals surface area contributed by atoms with Crippen molar-refractivity contribution in [2.75, 3.05) is 18.4 Å². The van der Waals surface area contributed by atoms with Crippen LogP contribution in [0.4, 0.5) is 5.69 Å². The number of halogens is 1. The number of likely N-dealkylation sites (N-methyl/N-ethyl adjacent to an activating group) is 1. The van der Waals surface area contributed by atoms with Crippen molar-refractivity contribution in [3.05, 3.63) is 28.8 Å². The Hall–Kier alpha value is -1.33. The number of benzene rings is 1. The fourth-order valence-corrected chi connectivity index (χ4v) is 1.78. The van der Waals surface area contributed by atoms with Crippen LogP contribution in [0.2, 0.25) is 5.02 Å². The average molecular weight is 272 g/mol. The molecule has 0 aliphatic rings. The first-order chi connectivity index (χ1) is 8.04. The lowest BCUT2D eigenvalue weighted by Crippen LogP contribution is -2.29. The summed E-state index contributed by atoms with van der Waals surface area (Å²) in [6.45, 7) is 2.68. The number of hydrogen-bond donors (Lipinski definition) is 3. The fraction of sp³-hybridized carbons (Fsp3) is 0.273. The van der Waals surface area contributed by atoms with E-state index in [1.165, 1.54) is 0 Å². The van der Waals surface area contributed by atoms with E-state index in [-0.39, 0.29) is 17.4 Å². The van der Waals surface area contributed by atoms with Crippen LogP contribution in [-0.4, -0.2) is 24.0 Å². The highest BCUT2D eigenvalue weighted by molar-refractivity contribution is 7.80. The van der Waals surface area contributed by atoms with Gasteiger partial charge in [-0.25, -0.2) is 0 Å². The molecule has 1 rings (SSSR count). The third-order valence-electron chi connectivity index (χ3n) is 2.06. The van der Waals surface area contributed by atoms with Crippen LogP contribution in [0, 0.1) is 0 Å². The minimum atomic E-state index is -0.0676. The maximum absolute atomic E-state index is 11.2. The number of nitrogens with two attached hydrogens (primary N) is 1. The van der Waals surface area contributed by atoms with Crippen LogP contribution in [0.3, 0.4) is 0 Å². The van der Waals surface area contributed by atoms with E-state index in [0.29, 0.717) is 17.1 Å². The second-order valence-electron chi connectivity index (χ2n) is 3.37. The molecular formula is C11H14ClN3OS. The summed E-state index contributed by atoms with van der Waals surface area (Å²) in [5.74, 6) is -0.0676. The lowest BCUT2D eigenvalue weighted by Gasteiger charge is -2.08. The Morgan fingerprint density at radius 1 is 1.53 bits per heavy atom. The second-order valence-corrected chi connectivity index (χ2v) is 4.21. The zero-order valence-electron chi connectivity index (χ0n) is 9.42. The second kappa shape index (κ2) is 6.42. The molecule has 0 aliphatic heterocycles. The van der Waals surface area contributed by atoms with Gasteiger partial charge in [-0.2, -0.15) is 0 Å². The van der Waals surface area contributed by atoms with Crippen molar-refractivity contribution in [2.45, 2.75) is 6.92 Å². The molecule has 4 nitrogen and oxygen atoms in total. The Labute approximate surface area is 111 Å². The fourth-order valence-electron chi connectivity index (χ4n) is 1.27. The molecule has 1 amide bonds. The Morgan fingerprint density at radius 2 is 2.24 bits per heavy atom. The molecule has 92 valence electrons. The van der Waals surface area contributed by atoms with E-state index in [4.69, 9.17) is 29.6 Å². The van der Waals surface area contributed by atoms with Crippen LogP contribution < -0.4 is 16.4 Å². The first kappa shape index (κ1) is 13.7. The lowest BCUT2D eigenvalue weighted by molar-refractivity contribution is -0.119. The highest BCUT2D eigenvalue weighted by atomic mass is 35.5. The summed E-state index contributed by atoms with van der Waals surface area (Å²) in [5.41, 5.74) is 6.87. The first-order valence-corrected chi connectivity index (χ1v) is 5.93. The zero-order chi connectivity index (χ0) is 12.8. The number of carbonyl (C=O) groups excluding carboxylic acids is 1. The maximum Gasteiger partial charge on any atom is 0.239 e. The first-order valence-electron chi connectivity index (χ1n) is 5.14. The molecule has 1 aromatic carbocycles. The van der Waals surface area contributed by atoms with Crippen molar-refractivity contribution in [1.82, 2.24) is 5.32 Å². The van der Waals surface area contributed by atoms with Crippen molar-refractivity contribution in [3.63, 3.8) is 0 Å². The average Bonchev–Trinajstić information content (AvgIpc) is 2.26. The molecule has 0 spiro atoms. The predicted octanol–water partition coefficient (Wildman–Crippen LogP) is 1.52. The molecule has 0 aliphatic carbocycles. The summed E-state index contributed by atoms with van der Waals surface area (Å²) in [6, 6.07) is 5.19. The highest BCUT2D eigenvalue weighted by Crippen LogP contribution is 2.20. The third-order valence-corrected chi connectivity index (χ3v) is 2.59. The van der Waals surface area contributed by atoms with Crippen LogP contribution in [-0.2, 0) is 4.79 Å². The number of amides is 1. The molecular weight excluding hydrogens is 258 g/mol. The summed E-state index contributed by atoms with van der Waals surface area (Å²) < 4.78 is 0. The van der Waals surface area contributed by atoms with Crippen LogP contribution in [0.15, 0.2) is 18.2 Å². The van der Waals surface area contributed by atoms with E-state index >= 15 is 0 Å². The summed E-state index contributed by atoms with van der Waals surface area (Å²) in [4.78, 5) is 11.5. The van der Waals surface area contributed by atoms with E-state index < -0.39 is 0 Å². The van der Waals surface area contributed by atoms with Crippen LogP contribution in [0.5, 0.6) is 0 Å². The Kier molecular flexibility index (Phi) is 5.18. The summed E-state index contributed by atoms with van der Waals surface area (Å²) in [6.07, 6.45) is 0. The smallest absolute Gasteiger partial charge is 0.239 e. The topological polar surface area (TPSA) is 67.2 Å². The molecule has 0 bridgehead atoms. The van der Waals surface area contributed by atoms with Gasteiger partial charge in [0, 0.05) is 17.8 Å². The van der Waals surface area contributed by atoms with Gasteiger partial charge in [0.25, 0.3) is 0 Å². The molecule has 4 N–H and O–H groups in total.